The minimum absolute atomic E-state index is 0.0338. The van der Waals surface area contributed by atoms with Gasteiger partial charge >= 0.3 is 0 Å². The van der Waals surface area contributed by atoms with Crippen molar-refractivity contribution in [1.29, 1.82) is 0 Å². The van der Waals surface area contributed by atoms with Gasteiger partial charge in [-0.25, -0.2) is 0 Å². The molecule has 0 unspecified atom stereocenters. The number of fused-ring (bicyclic) bond motifs is 6. The summed E-state index contributed by atoms with van der Waals surface area (Å²) in [5.41, 5.74) is 9.32. The molecule has 0 atom stereocenters. The highest BCUT2D eigenvalue weighted by molar-refractivity contribution is 5.93. The van der Waals surface area contributed by atoms with Crippen LogP contribution in [0, 0.1) is 0 Å². The van der Waals surface area contributed by atoms with Crippen molar-refractivity contribution in [2.45, 2.75) is 11.8 Å². The fraction of sp³-hybridized carbons (Fsp3) is 0.176. The number of H-pyrrole nitrogens is 2. The monoisotopic (exact) mass is 530 g/mol. The lowest BCUT2D eigenvalue weighted by atomic mass is 9.72. The van der Waals surface area contributed by atoms with Gasteiger partial charge in [0.15, 0.2) is 23.0 Å². The standard InChI is InChI=1S/C34H30N2O4/c1-37-25-15-13-19(17-27(25)39-3)29-31-21-9-5-7-11-23(21)35-33(31)30(20-14-16-26(38-2)28(18-20)40-4)34-32(29)22-10-6-8-12-24(22)36-34/h5-18,29-30,35-36H,1-4H3. The van der Waals surface area contributed by atoms with E-state index in [9.17, 15) is 0 Å². The first-order chi connectivity index (χ1) is 19.7. The molecular formula is C34H30N2O4. The van der Waals surface area contributed by atoms with Crippen LogP contribution in [0.5, 0.6) is 23.0 Å². The lowest BCUT2D eigenvalue weighted by molar-refractivity contribution is 0.354. The molecule has 1 aliphatic carbocycles. The summed E-state index contributed by atoms with van der Waals surface area (Å²) in [5.74, 6) is 2.74. The number of rotatable bonds is 6. The largest absolute Gasteiger partial charge is 0.493 e. The number of methoxy groups -OCH3 is 4. The summed E-state index contributed by atoms with van der Waals surface area (Å²) in [6, 6.07) is 29.6. The predicted octanol–water partition coefficient (Wildman–Crippen LogP) is 7.36. The van der Waals surface area contributed by atoms with Gasteiger partial charge in [-0.1, -0.05) is 48.5 Å². The SMILES string of the molecule is COc1ccc(C2c3[nH]c4ccccc4c3C(c3ccc(OC)c(OC)c3)c3c2[nH]c2ccccc32)cc1OC. The molecule has 0 aliphatic heterocycles. The quantitative estimate of drug-likeness (QED) is 0.236. The Kier molecular flexibility index (Phi) is 5.70. The van der Waals surface area contributed by atoms with E-state index in [1.165, 1.54) is 21.9 Å². The molecule has 0 fully saturated rings. The summed E-state index contributed by atoms with van der Waals surface area (Å²) in [5, 5.41) is 2.41. The third-order valence-corrected chi connectivity index (χ3v) is 8.19. The Morgan fingerprint density at radius 3 is 1.35 bits per heavy atom. The Morgan fingerprint density at radius 1 is 0.475 bits per heavy atom. The molecule has 2 heterocycles. The van der Waals surface area contributed by atoms with Gasteiger partial charge in [-0.05, 0) is 58.7 Å². The Morgan fingerprint density at radius 2 is 0.900 bits per heavy atom. The normalized spacial score (nSPS) is 16.0. The van der Waals surface area contributed by atoms with Gasteiger partial charge < -0.3 is 28.9 Å². The van der Waals surface area contributed by atoms with Gasteiger partial charge in [-0.15, -0.1) is 0 Å². The molecule has 2 N–H and O–H groups in total. The first kappa shape index (κ1) is 24.2. The molecule has 4 aromatic carbocycles. The van der Waals surface area contributed by atoms with E-state index in [4.69, 9.17) is 18.9 Å². The lowest BCUT2D eigenvalue weighted by Crippen LogP contribution is -2.19. The van der Waals surface area contributed by atoms with Crippen molar-refractivity contribution in [3.05, 3.63) is 119 Å². The highest BCUT2D eigenvalue weighted by atomic mass is 16.5. The minimum atomic E-state index is -0.0685. The van der Waals surface area contributed by atoms with Gasteiger partial charge in [-0.3, -0.25) is 0 Å². The van der Waals surface area contributed by atoms with E-state index < -0.39 is 0 Å². The Bertz CT molecular complexity index is 1800. The summed E-state index contributed by atoms with van der Waals surface area (Å²) >= 11 is 0. The van der Waals surface area contributed by atoms with Crippen molar-refractivity contribution in [1.82, 2.24) is 9.97 Å². The number of benzene rings is 4. The lowest BCUT2D eigenvalue weighted by Gasteiger charge is -2.31. The molecule has 40 heavy (non-hydrogen) atoms. The van der Waals surface area contributed by atoms with E-state index in [0.717, 1.165) is 33.5 Å². The van der Waals surface area contributed by atoms with Crippen LogP contribution in [0.15, 0.2) is 84.9 Å². The van der Waals surface area contributed by atoms with Gasteiger partial charge in [0.1, 0.15) is 0 Å². The number of aromatic amines is 2. The Balaban J connectivity index is 1.58. The van der Waals surface area contributed by atoms with Crippen molar-refractivity contribution < 1.29 is 18.9 Å². The third-order valence-electron chi connectivity index (χ3n) is 8.19. The van der Waals surface area contributed by atoms with Gasteiger partial charge in [-0.2, -0.15) is 0 Å². The summed E-state index contributed by atoms with van der Waals surface area (Å²) < 4.78 is 22.6. The van der Waals surface area contributed by atoms with Crippen molar-refractivity contribution in [2.24, 2.45) is 0 Å². The number of hydrogen-bond donors (Lipinski definition) is 2. The molecule has 7 rings (SSSR count). The minimum Gasteiger partial charge on any atom is -0.493 e. The third kappa shape index (κ3) is 3.49. The molecule has 6 aromatic rings. The van der Waals surface area contributed by atoms with Crippen LogP contribution >= 0.6 is 0 Å². The van der Waals surface area contributed by atoms with E-state index in [2.05, 4.69) is 82.8 Å². The smallest absolute Gasteiger partial charge is 0.161 e. The number of nitrogens with one attached hydrogen (secondary N) is 2. The Hall–Kier alpha value is -4.84. The second-order valence-corrected chi connectivity index (χ2v) is 10.1. The maximum Gasteiger partial charge on any atom is 0.161 e. The molecule has 0 radical (unpaired) electrons. The van der Waals surface area contributed by atoms with Crippen LogP contribution in [0.2, 0.25) is 0 Å². The predicted molar refractivity (Wildman–Crippen MR) is 158 cm³/mol. The molecule has 0 saturated heterocycles. The van der Waals surface area contributed by atoms with Crippen molar-refractivity contribution in [2.75, 3.05) is 28.4 Å². The van der Waals surface area contributed by atoms with Gasteiger partial charge in [0.2, 0.25) is 0 Å². The fourth-order valence-corrected chi connectivity index (χ4v) is 6.47. The molecule has 0 bridgehead atoms. The average Bonchev–Trinajstić information content (AvgIpc) is 3.58. The first-order valence-electron chi connectivity index (χ1n) is 13.3. The molecule has 1 aliphatic rings. The zero-order valence-corrected chi connectivity index (χ0v) is 22.9. The zero-order valence-electron chi connectivity index (χ0n) is 22.9. The zero-order chi connectivity index (χ0) is 27.4. The number of para-hydroxylation sites is 2. The summed E-state index contributed by atoms with van der Waals surface area (Å²) in [6.07, 6.45) is 0. The van der Waals surface area contributed by atoms with Crippen LogP contribution in [0.3, 0.4) is 0 Å². The number of aromatic nitrogens is 2. The van der Waals surface area contributed by atoms with Gasteiger partial charge in [0.05, 0.1) is 34.4 Å². The maximum absolute atomic E-state index is 5.75. The van der Waals surface area contributed by atoms with Crippen LogP contribution in [0.1, 0.15) is 45.5 Å². The van der Waals surface area contributed by atoms with Crippen molar-refractivity contribution in [3.63, 3.8) is 0 Å². The summed E-state index contributed by atoms with van der Waals surface area (Å²) in [6.45, 7) is 0. The second-order valence-electron chi connectivity index (χ2n) is 10.1. The van der Waals surface area contributed by atoms with Gasteiger partial charge in [0, 0.05) is 39.1 Å². The molecule has 0 saturated carbocycles. The van der Waals surface area contributed by atoms with Crippen LogP contribution in [-0.4, -0.2) is 38.4 Å². The highest BCUT2D eigenvalue weighted by Crippen LogP contribution is 2.54. The number of ether oxygens (including phenoxy) is 4. The highest BCUT2D eigenvalue weighted by Gasteiger charge is 2.40. The topological polar surface area (TPSA) is 68.5 Å². The molecule has 0 spiro atoms. The van der Waals surface area contributed by atoms with E-state index in [1.807, 2.05) is 12.1 Å². The number of hydrogen-bond acceptors (Lipinski definition) is 4. The van der Waals surface area contributed by atoms with E-state index >= 15 is 0 Å². The molecular weight excluding hydrogens is 500 g/mol. The molecule has 6 nitrogen and oxygen atoms in total. The molecule has 2 aromatic heterocycles. The second kappa shape index (κ2) is 9.42. The van der Waals surface area contributed by atoms with Gasteiger partial charge in [0.25, 0.3) is 0 Å². The van der Waals surface area contributed by atoms with Crippen LogP contribution in [-0.2, 0) is 0 Å². The molecule has 0 amide bonds. The van der Waals surface area contributed by atoms with Crippen molar-refractivity contribution >= 4 is 21.8 Å². The maximum atomic E-state index is 5.75. The fourth-order valence-electron chi connectivity index (χ4n) is 6.47. The summed E-state index contributed by atoms with van der Waals surface area (Å²) in [4.78, 5) is 7.64. The first-order valence-corrected chi connectivity index (χ1v) is 13.3. The molecule has 6 heteroatoms. The van der Waals surface area contributed by atoms with Crippen LogP contribution in [0.25, 0.3) is 21.8 Å². The van der Waals surface area contributed by atoms with E-state index in [0.29, 0.717) is 23.0 Å². The summed E-state index contributed by atoms with van der Waals surface area (Å²) in [7, 11) is 6.70. The van der Waals surface area contributed by atoms with Crippen LogP contribution < -0.4 is 18.9 Å². The molecule has 200 valence electrons. The average molecular weight is 531 g/mol. The Labute approximate surface area is 232 Å². The van der Waals surface area contributed by atoms with Crippen molar-refractivity contribution in [3.8, 4) is 23.0 Å². The van der Waals surface area contributed by atoms with E-state index in [-0.39, 0.29) is 11.8 Å². The van der Waals surface area contributed by atoms with E-state index in [1.54, 1.807) is 28.4 Å². The van der Waals surface area contributed by atoms with Crippen LogP contribution in [0.4, 0.5) is 0 Å².